The number of nitrogens with one attached hydrogen (secondary N) is 1. The maximum atomic E-state index is 12.8. The van der Waals surface area contributed by atoms with Crippen molar-refractivity contribution in [3.8, 4) is 0 Å². The van der Waals surface area contributed by atoms with E-state index >= 15 is 0 Å². The van der Waals surface area contributed by atoms with Gasteiger partial charge in [0.2, 0.25) is 11.8 Å². The Bertz CT molecular complexity index is 883. The summed E-state index contributed by atoms with van der Waals surface area (Å²) in [5, 5.41) is 13.8. The number of piperidine rings is 1. The van der Waals surface area contributed by atoms with Gasteiger partial charge >= 0.3 is 0 Å². The highest BCUT2D eigenvalue weighted by Gasteiger charge is 2.37. The molecule has 2 aliphatic heterocycles. The highest BCUT2D eigenvalue weighted by atomic mass is 16.3. The normalized spacial score (nSPS) is 20.6. The lowest BCUT2D eigenvalue weighted by Gasteiger charge is -2.38. The number of benzene rings is 2. The highest BCUT2D eigenvalue weighted by molar-refractivity contribution is 6.04. The van der Waals surface area contributed by atoms with E-state index in [-0.39, 0.29) is 18.2 Å². The van der Waals surface area contributed by atoms with E-state index in [0.717, 1.165) is 16.8 Å². The molecule has 2 amide bonds. The Kier molecular flexibility index (Phi) is 4.94. The quantitative estimate of drug-likeness (QED) is 0.859. The van der Waals surface area contributed by atoms with Crippen molar-refractivity contribution in [3.05, 3.63) is 65.2 Å². The van der Waals surface area contributed by atoms with Crippen LogP contribution in [-0.2, 0) is 16.0 Å². The monoisotopic (exact) mass is 378 g/mol. The second kappa shape index (κ2) is 7.40. The molecule has 2 aromatic carbocycles. The van der Waals surface area contributed by atoms with Gasteiger partial charge in [-0.25, -0.2) is 0 Å². The second-order valence-corrected chi connectivity index (χ2v) is 8.10. The molecular formula is C23H26N2O3. The molecule has 1 fully saturated rings. The van der Waals surface area contributed by atoms with Crippen LogP contribution in [0.25, 0.3) is 0 Å². The van der Waals surface area contributed by atoms with Crippen molar-refractivity contribution < 1.29 is 14.7 Å². The maximum Gasteiger partial charge on any atom is 0.232 e. The van der Waals surface area contributed by atoms with Gasteiger partial charge in [-0.1, -0.05) is 48.0 Å². The minimum Gasteiger partial charge on any atom is -0.389 e. The summed E-state index contributed by atoms with van der Waals surface area (Å²) in [5.41, 5.74) is 3.24. The molecule has 5 heteroatoms. The fraction of sp³-hybridized carbons (Fsp3) is 0.391. The zero-order valence-corrected chi connectivity index (χ0v) is 16.1. The lowest BCUT2D eigenvalue weighted by atomic mass is 9.85. The fourth-order valence-electron chi connectivity index (χ4n) is 4.22. The number of hydrogen-bond acceptors (Lipinski definition) is 3. The van der Waals surface area contributed by atoms with E-state index in [2.05, 4.69) is 29.6 Å². The molecule has 0 aromatic heterocycles. The smallest absolute Gasteiger partial charge is 0.232 e. The summed E-state index contributed by atoms with van der Waals surface area (Å²) in [6.45, 7) is 3.10. The lowest BCUT2D eigenvalue weighted by Crippen LogP contribution is -2.48. The number of aryl methyl sites for hydroxylation is 1. The third-order valence-corrected chi connectivity index (χ3v) is 5.99. The molecule has 28 heavy (non-hydrogen) atoms. The first-order valence-electron chi connectivity index (χ1n) is 9.89. The van der Waals surface area contributed by atoms with Crippen LogP contribution in [0, 0.1) is 6.92 Å². The third-order valence-electron chi connectivity index (χ3n) is 5.99. The number of nitrogens with zero attached hydrogens (tertiary/aromatic N) is 1. The Morgan fingerprint density at radius 2 is 1.82 bits per heavy atom. The van der Waals surface area contributed by atoms with Gasteiger partial charge in [0.05, 0.1) is 11.5 Å². The minimum atomic E-state index is -0.774. The molecule has 2 N–H and O–H groups in total. The number of fused-ring (bicyclic) bond motifs is 1. The van der Waals surface area contributed by atoms with Crippen LogP contribution >= 0.6 is 0 Å². The molecule has 1 saturated heterocycles. The van der Waals surface area contributed by atoms with Crippen LogP contribution in [0.15, 0.2) is 48.5 Å². The molecule has 5 nitrogen and oxygen atoms in total. The van der Waals surface area contributed by atoms with Crippen molar-refractivity contribution in [1.29, 1.82) is 0 Å². The van der Waals surface area contributed by atoms with E-state index in [1.807, 2.05) is 31.2 Å². The number of carbonyl (C=O) groups is 2. The Morgan fingerprint density at radius 3 is 2.54 bits per heavy atom. The average molecular weight is 378 g/mol. The van der Waals surface area contributed by atoms with Gasteiger partial charge in [-0.2, -0.15) is 0 Å². The number of anilines is 1. The topological polar surface area (TPSA) is 69.6 Å². The standard InChI is InChI=1S/C23H26N2O3/c1-16-6-8-17(9-7-16)15-23(28)10-12-25(13-11-23)21(26)14-19-18-4-2-3-5-20(18)24-22(19)27/h2-9,19,28H,10-15H2,1H3,(H,24,27). The van der Waals surface area contributed by atoms with E-state index in [1.54, 1.807) is 4.90 Å². The number of rotatable bonds is 4. The van der Waals surface area contributed by atoms with Crippen LogP contribution in [0.4, 0.5) is 5.69 Å². The summed E-state index contributed by atoms with van der Waals surface area (Å²) in [6.07, 6.45) is 1.90. The molecule has 4 rings (SSSR count). The Balaban J connectivity index is 1.35. The minimum absolute atomic E-state index is 0.0192. The van der Waals surface area contributed by atoms with Gasteiger partial charge in [-0.05, 0) is 37.0 Å². The first-order chi connectivity index (χ1) is 13.4. The van der Waals surface area contributed by atoms with Gasteiger partial charge in [0, 0.05) is 31.6 Å². The molecule has 2 aromatic rings. The first kappa shape index (κ1) is 18.7. The second-order valence-electron chi connectivity index (χ2n) is 8.10. The van der Waals surface area contributed by atoms with Crippen molar-refractivity contribution >= 4 is 17.5 Å². The number of aliphatic hydroxyl groups is 1. The van der Waals surface area contributed by atoms with E-state index in [0.29, 0.717) is 32.4 Å². The van der Waals surface area contributed by atoms with Crippen molar-refractivity contribution in [2.24, 2.45) is 0 Å². The molecule has 1 unspecified atom stereocenters. The van der Waals surface area contributed by atoms with E-state index < -0.39 is 11.5 Å². The van der Waals surface area contributed by atoms with E-state index in [9.17, 15) is 14.7 Å². The van der Waals surface area contributed by atoms with Crippen molar-refractivity contribution in [2.75, 3.05) is 18.4 Å². The van der Waals surface area contributed by atoms with Crippen molar-refractivity contribution in [3.63, 3.8) is 0 Å². The summed E-state index contributed by atoms with van der Waals surface area (Å²) in [6, 6.07) is 15.8. The largest absolute Gasteiger partial charge is 0.389 e. The summed E-state index contributed by atoms with van der Waals surface area (Å²) in [4.78, 5) is 26.8. The summed E-state index contributed by atoms with van der Waals surface area (Å²) < 4.78 is 0. The summed E-state index contributed by atoms with van der Waals surface area (Å²) in [5.74, 6) is -0.547. The Morgan fingerprint density at radius 1 is 1.14 bits per heavy atom. The third kappa shape index (κ3) is 3.80. The fourth-order valence-corrected chi connectivity index (χ4v) is 4.22. The molecule has 0 spiro atoms. The molecule has 146 valence electrons. The van der Waals surface area contributed by atoms with Crippen LogP contribution in [0.5, 0.6) is 0 Å². The first-order valence-corrected chi connectivity index (χ1v) is 9.89. The van der Waals surface area contributed by atoms with Gasteiger partial charge in [0.25, 0.3) is 0 Å². The van der Waals surface area contributed by atoms with Gasteiger partial charge in [-0.15, -0.1) is 0 Å². The Labute approximate surface area is 165 Å². The number of hydrogen-bond donors (Lipinski definition) is 2. The molecular weight excluding hydrogens is 352 g/mol. The number of para-hydroxylation sites is 1. The average Bonchev–Trinajstić information content (AvgIpc) is 2.99. The number of amides is 2. The summed E-state index contributed by atoms with van der Waals surface area (Å²) in [7, 11) is 0. The van der Waals surface area contributed by atoms with E-state index in [1.165, 1.54) is 5.56 Å². The van der Waals surface area contributed by atoms with Gasteiger partial charge in [0.1, 0.15) is 0 Å². The van der Waals surface area contributed by atoms with Crippen LogP contribution < -0.4 is 5.32 Å². The molecule has 2 aliphatic rings. The van der Waals surface area contributed by atoms with Crippen molar-refractivity contribution in [2.45, 2.75) is 44.1 Å². The molecule has 0 aliphatic carbocycles. The lowest BCUT2D eigenvalue weighted by molar-refractivity contribution is -0.137. The Hall–Kier alpha value is -2.66. The molecule has 1 atom stereocenters. The predicted molar refractivity (Wildman–Crippen MR) is 108 cm³/mol. The van der Waals surface area contributed by atoms with Crippen LogP contribution in [0.2, 0.25) is 0 Å². The predicted octanol–water partition coefficient (Wildman–Crippen LogP) is 3.02. The number of carbonyl (C=O) groups excluding carboxylic acids is 2. The highest BCUT2D eigenvalue weighted by Crippen LogP contribution is 2.35. The zero-order chi connectivity index (χ0) is 19.7. The molecule has 0 saturated carbocycles. The maximum absolute atomic E-state index is 12.8. The number of likely N-dealkylation sites (tertiary alicyclic amines) is 1. The van der Waals surface area contributed by atoms with Crippen LogP contribution in [0.1, 0.15) is 41.9 Å². The van der Waals surface area contributed by atoms with Gasteiger partial charge in [0.15, 0.2) is 0 Å². The van der Waals surface area contributed by atoms with Gasteiger partial charge in [-0.3, -0.25) is 9.59 Å². The van der Waals surface area contributed by atoms with E-state index in [4.69, 9.17) is 0 Å². The summed E-state index contributed by atoms with van der Waals surface area (Å²) >= 11 is 0. The van der Waals surface area contributed by atoms with Crippen LogP contribution in [0.3, 0.4) is 0 Å². The van der Waals surface area contributed by atoms with Crippen molar-refractivity contribution in [1.82, 2.24) is 4.90 Å². The molecule has 0 bridgehead atoms. The molecule has 2 heterocycles. The van der Waals surface area contributed by atoms with Crippen LogP contribution in [-0.4, -0.2) is 40.5 Å². The molecule has 0 radical (unpaired) electrons. The van der Waals surface area contributed by atoms with Gasteiger partial charge < -0.3 is 15.3 Å². The SMILES string of the molecule is Cc1ccc(CC2(O)CCN(C(=O)CC3C(=O)Nc4ccccc43)CC2)cc1. The zero-order valence-electron chi connectivity index (χ0n) is 16.1.